The Kier molecular flexibility index (Phi) is 4.94. The number of hydrogen-bond donors (Lipinski definition) is 2. The highest BCUT2D eigenvalue weighted by molar-refractivity contribution is 7.19. The number of thiazole rings is 1. The number of aromatic nitrogens is 1. The van der Waals surface area contributed by atoms with Gasteiger partial charge in [-0.25, -0.2) is 4.98 Å². The van der Waals surface area contributed by atoms with Gasteiger partial charge in [-0.2, -0.15) is 5.26 Å². The molecule has 4 nitrogen and oxygen atoms in total. The van der Waals surface area contributed by atoms with E-state index >= 15 is 0 Å². The average Bonchev–Trinajstić information content (AvgIpc) is 2.99. The Bertz CT molecular complexity index is 720. The molecule has 0 amide bonds. The van der Waals surface area contributed by atoms with Crippen LogP contribution in [0.2, 0.25) is 0 Å². The number of benzene rings is 1. The molecular formula is C18H22N3OS+. The normalized spacial score (nSPS) is 18.4. The highest BCUT2D eigenvalue weighted by Gasteiger charge is 2.24. The third-order valence-corrected chi connectivity index (χ3v) is 5.71. The van der Waals surface area contributed by atoms with E-state index in [4.69, 9.17) is 0 Å². The van der Waals surface area contributed by atoms with Crippen LogP contribution in [0.25, 0.3) is 15.8 Å². The molecule has 1 saturated carbocycles. The number of nitrogens with one attached hydrogen (secondary N) is 1. The van der Waals surface area contributed by atoms with Crippen LogP contribution in [0, 0.1) is 11.3 Å². The third kappa shape index (κ3) is 3.54. The number of aliphatic hydroxyl groups is 1. The molecule has 23 heavy (non-hydrogen) atoms. The fraction of sp³-hybridized carbons (Fsp3) is 0.444. The zero-order valence-corrected chi connectivity index (χ0v) is 14.2. The van der Waals surface area contributed by atoms with E-state index in [2.05, 4.69) is 18.1 Å². The van der Waals surface area contributed by atoms with Crippen molar-refractivity contribution in [1.82, 2.24) is 4.98 Å². The molecule has 1 atom stereocenters. The number of rotatable bonds is 4. The van der Waals surface area contributed by atoms with E-state index in [1.54, 1.807) is 0 Å². The Morgan fingerprint density at radius 2 is 2.09 bits per heavy atom. The van der Waals surface area contributed by atoms with Gasteiger partial charge in [0.15, 0.2) is 5.76 Å². The van der Waals surface area contributed by atoms with Crippen molar-refractivity contribution in [3.63, 3.8) is 0 Å². The Labute approximate surface area is 140 Å². The number of para-hydroxylation sites is 1. The van der Waals surface area contributed by atoms with Crippen molar-refractivity contribution >= 4 is 27.1 Å². The van der Waals surface area contributed by atoms with Gasteiger partial charge in [0, 0.05) is 0 Å². The number of hydrogen-bond acceptors (Lipinski definition) is 4. The van der Waals surface area contributed by atoms with Crippen molar-refractivity contribution in [3.05, 3.63) is 35.0 Å². The summed E-state index contributed by atoms with van der Waals surface area (Å²) in [5, 5.41) is 20.6. The molecule has 120 valence electrons. The molecule has 1 aromatic carbocycles. The zero-order chi connectivity index (χ0) is 16.2. The van der Waals surface area contributed by atoms with E-state index in [1.807, 2.05) is 24.3 Å². The lowest BCUT2D eigenvalue weighted by molar-refractivity contribution is -0.903. The van der Waals surface area contributed by atoms with Gasteiger partial charge >= 0.3 is 0 Å². The van der Waals surface area contributed by atoms with Crippen LogP contribution in [0.5, 0.6) is 0 Å². The topological polar surface area (TPSA) is 61.4 Å². The SMILES string of the molecule is C[NH+](C/C(O)=C(\C#N)c1nc2ccccc2s1)C1CCCCC1. The lowest BCUT2D eigenvalue weighted by Crippen LogP contribution is -3.13. The van der Waals surface area contributed by atoms with Gasteiger partial charge in [-0.3, -0.25) is 0 Å². The lowest BCUT2D eigenvalue weighted by Gasteiger charge is -2.28. The fourth-order valence-electron chi connectivity index (χ4n) is 3.31. The van der Waals surface area contributed by atoms with Gasteiger partial charge in [-0.1, -0.05) is 18.6 Å². The number of fused-ring (bicyclic) bond motifs is 1. The van der Waals surface area contributed by atoms with Crippen LogP contribution in [0.4, 0.5) is 0 Å². The van der Waals surface area contributed by atoms with Crippen molar-refractivity contribution in [2.45, 2.75) is 38.1 Å². The smallest absolute Gasteiger partial charge is 0.168 e. The fourth-order valence-corrected chi connectivity index (χ4v) is 4.29. The summed E-state index contributed by atoms with van der Waals surface area (Å²) in [6, 6.07) is 10.5. The highest BCUT2D eigenvalue weighted by atomic mass is 32.1. The molecule has 1 aliphatic carbocycles. The molecule has 2 aromatic rings. The van der Waals surface area contributed by atoms with Crippen LogP contribution in [0.15, 0.2) is 30.0 Å². The summed E-state index contributed by atoms with van der Waals surface area (Å²) in [6.07, 6.45) is 6.29. The van der Waals surface area contributed by atoms with E-state index in [-0.39, 0.29) is 5.76 Å². The molecule has 0 aliphatic heterocycles. The Morgan fingerprint density at radius 1 is 1.35 bits per heavy atom. The second kappa shape index (κ2) is 7.12. The predicted octanol–water partition coefficient (Wildman–Crippen LogP) is 2.94. The van der Waals surface area contributed by atoms with Crippen molar-refractivity contribution in [1.29, 1.82) is 5.26 Å². The molecule has 0 saturated heterocycles. The van der Waals surface area contributed by atoms with Gasteiger partial charge in [0.25, 0.3) is 0 Å². The molecule has 1 unspecified atom stereocenters. The molecule has 0 bridgehead atoms. The van der Waals surface area contributed by atoms with Gasteiger partial charge in [-0.05, 0) is 37.8 Å². The van der Waals surface area contributed by atoms with E-state index in [9.17, 15) is 10.4 Å². The predicted molar refractivity (Wildman–Crippen MR) is 93.4 cm³/mol. The first-order valence-corrected chi connectivity index (χ1v) is 9.01. The van der Waals surface area contributed by atoms with Crippen LogP contribution >= 0.6 is 11.3 Å². The minimum Gasteiger partial charge on any atom is -0.506 e. The molecule has 0 spiro atoms. The van der Waals surface area contributed by atoms with E-state index < -0.39 is 0 Å². The van der Waals surface area contributed by atoms with Crippen LogP contribution in [0.3, 0.4) is 0 Å². The van der Waals surface area contributed by atoms with Gasteiger partial charge in [0.2, 0.25) is 0 Å². The summed E-state index contributed by atoms with van der Waals surface area (Å²) in [5.41, 5.74) is 1.20. The third-order valence-electron chi connectivity index (χ3n) is 4.66. The minimum atomic E-state index is 0.162. The molecule has 2 N–H and O–H groups in total. The first kappa shape index (κ1) is 16.0. The maximum absolute atomic E-state index is 10.5. The van der Waals surface area contributed by atoms with Crippen LogP contribution in [-0.4, -0.2) is 29.7 Å². The summed E-state index contributed by atoms with van der Waals surface area (Å²) in [6.45, 7) is 0.490. The summed E-state index contributed by atoms with van der Waals surface area (Å²) >= 11 is 1.46. The monoisotopic (exact) mass is 328 g/mol. The largest absolute Gasteiger partial charge is 0.506 e. The van der Waals surface area contributed by atoms with Crippen molar-refractivity contribution in [2.24, 2.45) is 0 Å². The number of allylic oxidation sites excluding steroid dienone is 1. The summed E-state index contributed by atoms with van der Waals surface area (Å²) in [4.78, 5) is 5.78. The second-order valence-corrected chi connectivity index (χ2v) is 7.31. The average molecular weight is 328 g/mol. The van der Waals surface area contributed by atoms with Gasteiger partial charge in [0.05, 0.1) is 23.3 Å². The number of nitriles is 1. The van der Waals surface area contributed by atoms with Crippen LogP contribution in [-0.2, 0) is 0 Å². The number of aliphatic hydroxyl groups excluding tert-OH is 1. The van der Waals surface area contributed by atoms with Gasteiger partial charge < -0.3 is 10.0 Å². The minimum absolute atomic E-state index is 0.162. The van der Waals surface area contributed by atoms with E-state index in [0.29, 0.717) is 23.2 Å². The van der Waals surface area contributed by atoms with Crippen molar-refractivity contribution < 1.29 is 10.0 Å². The second-order valence-electron chi connectivity index (χ2n) is 6.28. The maximum Gasteiger partial charge on any atom is 0.168 e. The standard InChI is InChI=1S/C18H21N3OS/c1-21(13-7-3-2-4-8-13)12-16(22)14(11-19)18-20-15-9-5-6-10-17(15)23-18/h5-6,9-10,13,22H,2-4,7-8,12H2,1H3/p+1/b16-14-. The van der Waals surface area contributed by atoms with Crippen molar-refractivity contribution in [3.8, 4) is 6.07 Å². The van der Waals surface area contributed by atoms with Gasteiger partial charge in [-0.15, -0.1) is 11.3 Å². The molecule has 3 rings (SSSR count). The van der Waals surface area contributed by atoms with E-state index in [0.717, 1.165) is 10.2 Å². The zero-order valence-electron chi connectivity index (χ0n) is 13.4. The first-order valence-electron chi connectivity index (χ1n) is 8.19. The van der Waals surface area contributed by atoms with Crippen molar-refractivity contribution in [2.75, 3.05) is 13.6 Å². The Balaban J connectivity index is 1.82. The molecular weight excluding hydrogens is 306 g/mol. The van der Waals surface area contributed by atoms with Crippen LogP contribution in [0.1, 0.15) is 37.1 Å². The highest BCUT2D eigenvalue weighted by Crippen LogP contribution is 2.27. The maximum atomic E-state index is 10.5. The van der Waals surface area contributed by atoms with Gasteiger partial charge in [0.1, 0.15) is 23.2 Å². The summed E-state index contributed by atoms with van der Waals surface area (Å²) in [7, 11) is 2.11. The van der Waals surface area contributed by atoms with Crippen LogP contribution < -0.4 is 4.90 Å². The summed E-state index contributed by atoms with van der Waals surface area (Å²) < 4.78 is 1.04. The Hall–Kier alpha value is -1.90. The lowest BCUT2D eigenvalue weighted by atomic mass is 9.94. The quantitative estimate of drug-likeness (QED) is 0.670. The number of nitrogens with zero attached hydrogens (tertiary/aromatic N) is 2. The Morgan fingerprint density at radius 3 is 2.78 bits per heavy atom. The molecule has 1 aliphatic rings. The molecule has 1 heterocycles. The number of quaternary nitrogens is 1. The van der Waals surface area contributed by atoms with E-state index in [1.165, 1.54) is 48.3 Å². The number of likely N-dealkylation sites (N-methyl/N-ethyl adjacent to an activating group) is 1. The first-order chi connectivity index (χ1) is 11.2. The molecule has 0 radical (unpaired) electrons. The molecule has 1 fully saturated rings. The molecule has 1 aromatic heterocycles. The molecule has 5 heteroatoms. The summed E-state index contributed by atoms with van der Waals surface area (Å²) in [5.74, 6) is 0.162.